The summed E-state index contributed by atoms with van der Waals surface area (Å²) in [5.74, 6) is -0.0493. The van der Waals surface area contributed by atoms with E-state index in [0.717, 1.165) is 54.2 Å². The lowest BCUT2D eigenvalue weighted by atomic mass is 9.73. The molecule has 3 N–H and O–H groups in total. The standard InChI is InChI=1S/C16H21BrN2OS/c1-2-11-10-12(17)6-7-13(11)19-15(20)16(14(18)21)8-4-3-5-9-16/h6-7,10H,2-5,8-9H2,1H3,(H2,18,21)(H,19,20). The van der Waals surface area contributed by atoms with Crippen LogP contribution in [0.15, 0.2) is 22.7 Å². The minimum atomic E-state index is -0.675. The number of carbonyl (C=O) groups is 1. The molecule has 1 aromatic rings. The van der Waals surface area contributed by atoms with Crippen molar-refractivity contribution in [3.63, 3.8) is 0 Å². The van der Waals surface area contributed by atoms with Crippen LogP contribution in [0.4, 0.5) is 5.69 Å². The van der Waals surface area contributed by atoms with Crippen LogP contribution >= 0.6 is 28.1 Å². The van der Waals surface area contributed by atoms with E-state index in [4.69, 9.17) is 18.0 Å². The van der Waals surface area contributed by atoms with Crippen molar-refractivity contribution in [2.24, 2.45) is 11.1 Å². The molecule has 1 aliphatic carbocycles. The Labute approximate surface area is 139 Å². The number of halogens is 1. The largest absolute Gasteiger partial charge is 0.392 e. The van der Waals surface area contributed by atoms with E-state index in [1.807, 2.05) is 18.2 Å². The number of thiocarbonyl (C=S) groups is 1. The number of hydrogen-bond donors (Lipinski definition) is 2. The molecule has 1 saturated carbocycles. The van der Waals surface area contributed by atoms with E-state index in [2.05, 4.69) is 28.2 Å². The van der Waals surface area contributed by atoms with Crippen LogP contribution in [0.5, 0.6) is 0 Å². The van der Waals surface area contributed by atoms with Crippen LogP contribution in [0.2, 0.25) is 0 Å². The molecule has 0 atom stereocenters. The van der Waals surface area contributed by atoms with Gasteiger partial charge in [0.2, 0.25) is 5.91 Å². The summed E-state index contributed by atoms with van der Waals surface area (Å²) in [4.78, 5) is 13.1. The molecule has 1 fully saturated rings. The molecule has 0 aliphatic heterocycles. The van der Waals surface area contributed by atoms with E-state index in [1.54, 1.807) is 0 Å². The number of anilines is 1. The number of hydrogen-bond acceptors (Lipinski definition) is 2. The Morgan fingerprint density at radius 1 is 1.38 bits per heavy atom. The molecule has 0 heterocycles. The van der Waals surface area contributed by atoms with E-state index in [0.29, 0.717) is 4.99 Å². The second-order valence-corrected chi connectivity index (χ2v) is 6.97. The molecule has 5 heteroatoms. The molecule has 0 aromatic heterocycles. The summed E-state index contributed by atoms with van der Waals surface area (Å²) in [6.45, 7) is 2.07. The quantitative estimate of drug-likeness (QED) is 0.783. The van der Waals surface area contributed by atoms with Gasteiger partial charge in [-0.2, -0.15) is 0 Å². The average Bonchev–Trinajstić information content (AvgIpc) is 2.49. The Morgan fingerprint density at radius 2 is 2.05 bits per heavy atom. The molecular weight excluding hydrogens is 348 g/mol. The zero-order valence-corrected chi connectivity index (χ0v) is 14.6. The van der Waals surface area contributed by atoms with E-state index < -0.39 is 5.41 Å². The van der Waals surface area contributed by atoms with Gasteiger partial charge in [0, 0.05) is 10.2 Å². The number of rotatable bonds is 4. The third kappa shape index (κ3) is 3.46. The molecule has 2 rings (SSSR count). The minimum Gasteiger partial charge on any atom is -0.392 e. The van der Waals surface area contributed by atoms with E-state index >= 15 is 0 Å². The van der Waals surface area contributed by atoms with Crippen molar-refractivity contribution in [2.45, 2.75) is 45.4 Å². The fourth-order valence-electron chi connectivity index (χ4n) is 2.96. The van der Waals surface area contributed by atoms with E-state index in [-0.39, 0.29) is 5.91 Å². The molecule has 1 aliphatic rings. The van der Waals surface area contributed by atoms with Gasteiger partial charge in [0.05, 0.1) is 10.4 Å². The predicted octanol–water partition coefficient (Wildman–Crippen LogP) is 4.19. The molecule has 0 radical (unpaired) electrons. The highest BCUT2D eigenvalue weighted by Crippen LogP contribution is 2.38. The molecule has 1 aromatic carbocycles. The van der Waals surface area contributed by atoms with Gasteiger partial charge in [-0.3, -0.25) is 4.79 Å². The van der Waals surface area contributed by atoms with Crippen LogP contribution in [0.3, 0.4) is 0 Å². The maximum atomic E-state index is 12.8. The van der Waals surface area contributed by atoms with Gasteiger partial charge in [-0.1, -0.05) is 54.3 Å². The molecular formula is C16H21BrN2OS. The van der Waals surface area contributed by atoms with E-state index in [9.17, 15) is 4.79 Å². The maximum absolute atomic E-state index is 12.8. The van der Waals surface area contributed by atoms with Gasteiger partial charge in [0.25, 0.3) is 0 Å². The van der Waals surface area contributed by atoms with Crippen molar-refractivity contribution in [1.29, 1.82) is 0 Å². The summed E-state index contributed by atoms with van der Waals surface area (Å²) in [6.07, 6.45) is 5.53. The molecule has 0 unspecified atom stereocenters. The van der Waals surface area contributed by atoms with Gasteiger partial charge in [-0.15, -0.1) is 0 Å². The van der Waals surface area contributed by atoms with Crippen molar-refractivity contribution in [1.82, 2.24) is 0 Å². The highest BCUT2D eigenvalue weighted by Gasteiger charge is 2.42. The van der Waals surface area contributed by atoms with Crippen LogP contribution < -0.4 is 11.1 Å². The smallest absolute Gasteiger partial charge is 0.237 e. The van der Waals surface area contributed by atoms with Gasteiger partial charge in [0.1, 0.15) is 0 Å². The number of nitrogens with two attached hydrogens (primary N) is 1. The molecule has 3 nitrogen and oxygen atoms in total. The number of nitrogens with one attached hydrogen (secondary N) is 1. The molecule has 21 heavy (non-hydrogen) atoms. The second-order valence-electron chi connectivity index (χ2n) is 5.62. The first-order chi connectivity index (χ1) is 9.99. The average molecular weight is 369 g/mol. The number of carbonyl (C=O) groups excluding carboxylic acids is 1. The van der Waals surface area contributed by atoms with Gasteiger partial charge in [-0.05, 0) is 43.0 Å². The van der Waals surface area contributed by atoms with Crippen molar-refractivity contribution >= 4 is 44.7 Å². The zero-order chi connectivity index (χ0) is 15.5. The fraction of sp³-hybridized carbons (Fsp3) is 0.500. The third-order valence-electron chi connectivity index (χ3n) is 4.31. The molecule has 114 valence electrons. The first-order valence-electron chi connectivity index (χ1n) is 7.39. The van der Waals surface area contributed by atoms with Crippen LogP contribution in [0, 0.1) is 5.41 Å². The summed E-state index contributed by atoms with van der Waals surface area (Å²) in [6, 6.07) is 5.89. The zero-order valence-electron chi connectivity index (χ0n) is 12.2. The van der Waals surface area contributed by atoms with Crippen LogP contribution in [-0.2, 0) is 11.2 Å². The molecule has 0 bridgehead atoms. The molecule has 0 spiro atoms. The highest BCUT2D eigenvalue weighted by molar-refractivity contribution is 9.10. The second kappa shape index (κ2) is 6.88. The Bertz CT molecular complexity index is 553. The van der Waals surface area contributed by atoms with E-state index in [1.165, 1.54) is 0 Å². The first kappa shape index (κ1) is 16.4. The number of amides is 1. The van der Waals surface area contributed by atoms with Gasteiger partial charge >= 0.3 is 0 Å². The van der Waals surface area contributed by atoms with Crippen LogP contribution in [0.25, 0.3) is 0 Å². The van der Waals surface area contributed by atoms with Crippen molar-refractivity contribution in [3.8, 4) is 0 Å². The third-order valence-corrected chi connectivity index (χ3v) is 5.19. The van der Waals surface area contributed by atoms with Crippen LogP contribution in [-0.4, -0.2) is 10.9 Å². The Hall–Kier alpha value is -0.940. The van der Waals surface area contributed by atoms with Crippen molar-refractivity contribution in [3.05, 3.63) is 28.2 Å². The van der Waals surface area contributed by atoms with Gasteiger partial charge in [0.15, 0.2) is 0 Å². The SMILES string of the molecule is CCc1cc(Br)ccc1NC(=O)C1(C(N)=S)CCCCC1. The normalized spacial score (nSPS) is 17.2. The number of aryl methyl sites for hydroxylation is 1. The molecule has 1 amide bonds. The Kier molecular flexibility index (Phi) is 5.38. The summed E-state index contributed by atoms with van der Waals surface area (Å²) in [5.41, 5.74) is 7.20. The lowest BCUT2D eigenvalue weighted by Gasteiger charge is -2.35. The summed E-state index contributed by atoms with van der Waals surface area (Å²) >= 11 is 8.67. The monoisotopic (exact) mass is 368 g/mol. The predicted molar refractivity (Wildman–Crippen MR) is 94.5 cm³/mol. The Morgan fingerprint density at radius 3 is 2.62 bits per heavy atom. The summed E-state index contributed by atoms with van der Waals surface area (Å²) in [5, 5.41) is 3.05. The van der Waals surface area contributed by atoms with Crippen molar-refractivity contribution in [2.75, 3.05) is 5.32 Å². The Balaban J connectivity index is 2.25. The fourth-order valence-corrected chi connectivity index (χ4v) is 3.66. The van der Waals surface area contributed by atoms with Gasteiger partial charge < -0.3 is 11.1 Å². The summed E-state index contributed by atoms with van der Waals surface area (Å²) < 4.78 is 1.01. The maximum Gasteiger partial charge on any atom is 0.237 e. The topological polar surface area (TPSA) is 55.1 Å². The minimum absolute atomic E-state index is 0.0493. The lowest BCUT2D eigenvalue weighted by Crippen LogP contribution is -2.47. The number of benzene rings is 1. The first-order valence-corrected chi connectivity index (χ1v) is 8.59. The lowest BCUT2D eigenvalue weighted by molar-refractivity contribution is -0.123. The van der Waals surface area contributed by atoms with Crippen LogP contribution in [0.1, 0.15) is 44.6 Å². The highest BCUT2D eigenvalue weighted by atomic mass is 79.9. The van der Waals surface area contributed by atoms with Crippen molar-refractivity contribution < 1.29 is 4.79 Å². The summed E-state index contributed by atoms with van der Waals surface area (Å²) in [7, 11) is 0. The molecule has 0 saturated heterocycles. The van der Waals surface area contributed by atoms with Gasteiger partial charge in [-0.25, -0.2) is 0 Å².